The zero-order chi connectivity index (χ0) is 20.3. The zero-order valence-electron chi connectivity index (χ0n) is 16.8. The largest absolute Gasteiger partial charge is 0.378 e. The Balaban J connectivity index is 1.62. The molecule has 0 atom stereocenters. The minimum atomic E-state index is -0.0658. The Morgan fingerprint density at radius 2 is 1.93 bits per heavy atom. The van der Waals surface area contributed by atoms with Crippen LogP contribution >= 0.6 is 11.8 Å². The smallest absolute Gasteiger partial charge is 0.253 e. The van der Waals surface area contributed by atoms with Gasteiger partial charge in [-0.25, -0.2) is 9.50 Å². The number of rotatable bonds is 6. The van der Waals surface area contributed by atoms with Gasteiger partial charge in [0.1, 0.15) is 0 Å². The van der Waals surface area contributed by atoms with Gasteiger partial charge in [-0.1, -0.05) is 11.8 Å². The second-order valence-electron chi connectivity index (χ2n) is 6.81. The number of morpholine rings is 1. The van der Waals surface area contributed by atoms with Crippen LogP contribution in [0.1, 0.15) is 23.4 Å². The number of carbonyl (C=O) groups is 2. The number of aryl methyl sites for hydroxylation is 2. The van der Waals surface area contributed by atoms with E-state index in [9.17, 15) is 9.59 Å². The summed E-state index contributed by atoms with van der Waals surface area (Å²) in [7, 11) is 1.67. The molecule has 1 aliphatic heterocycles. The van der Waals surface area contributed by atoms with E-state index in [-0.39, 0.29) is 18.4 Å². The summed E-state index contributed by atoms with van der Waals surface area (Å²) < 4.78 is 6.98. The molecule has 2 aromatic rings. The summed E-state index contributed by atoms with van der Waals surface area (Å²) in [6.45, 7) is 6.25. The summed E-state index contributed by atoms with van der Waals surface area (Å²) in [6.07, 6.45) is 2.78. The second-order valence-corrected chi connectivity index (χ2v) is 7.59. The first-order chi connectivity index (χ1) is 13.4. The van der Waals surface area contributed by atoms with Crippen molar-refractivity contribution in [2.24, 2.45) is 0 Å². The lowest BCUT2D eigenvalue weighted by molar-refractivity contribution is -0.141. The lowest BCUT2D eigenvalue weighted by Crippen LogP contribution is -2.46. The fraction of sp³-hybridized carbons (Fsp3) is 0.611. The van der Waals surface area contributed by atoms with Gasteiger partial charge in [-0.3, -0.25) is 9.59 Å². The Hall–Kier alpha value is -2.20. The van der Waals surface area contributed by atoms with Gasteiger partial charge >= 0.3 is 0 Å². The highest BCUT2D eigenvalue weighted by molar-refractivity contribution is 7.98. The van der Waals surface area contributed by atoms with Crippen molar-refractivity contribution >= 4 is 29.4 Å². The van der Waals surface area contributed by atoms with Crippen molar-refractivity contribution in [2.75, 3.05) is 46.2 Å². The first-order valence-corrected chi connectivity index (χ1v) is 10.5. The molecule has 0 aromatic carbocycles. The SMILES string of the molecule is CSc1nc2nc(C)c(CCC(=O)N(C)CC(=O)N3CCOCC3)c(C)n2n1. The fourth-order valence-electron chi connectivity index (χ4n) is 3.26. The number of nitrogens with zero attached hydrogens (tertiary/aromatic N) is 6. The van der Waals surface area contributed by atoms with Crippen LogP contribution in [0, 0.1) is 13.8 Å². The van der Waals surface area contributed by atoms with E-state index in [0.29, 0.717) is 50.1 Å². The minimum absolute atomic E-state index is 0.0400. The van der Waals surface area contributed by atoms with Gasteiger partial charge in [0, 0.05) is 37.9 Å². The number of amides is 2. The molecular formula is C18H26N6O3S. The highest BCUT2D eigenvalue weighted by Gasteiger charge is 2.21. The molecule has 0 bridgehead atoms. The first kappa shape index (κ1) is 20.5. The van der Waals surface area contributed by atoms with Gasteiger partial charge in [-0.2, -0.15) is 4.98 Å². The maximum Gasteiger partial charge on any atom is 0.253 e. The fourth-order valence-corrected chi connectivity index (χ4v) is 3.60. The van der Waals surface area contributed by atoms with Gasteiger partial charge in [-0.05, 0) is 32.1 Å². The number of fused-ring (bicyclic) bond motifs is 1. The molecule has 152 valence electrons. The lowest BCUT2D eigenvalue weighted by atomic mass is 10.1. The Kier molecular flexibility index (Phi) is 6.50. The van der Waals surface area contributed by atoms with Crippen LogP contribution in [0.5, 0.6) is 0 Å². The molecule has 0 radical (unpaired) electrons. The Morgan fingerprint density at radius 1 is 1.21 bits per heavy atom. The van der Waals surface area contributed by atoms with Crippen LogP contribution in [0.25, 0.3) is 5.78 Å². The Morgan fingerprint density at radius 3 is 2.61 bits per heavy atom. The van der Waals surface area contributed by atoms with E-state index in [1.54, 1.807) is 16.5 Å². The summed E-state index contributed by atoms with van der Waals surface area (Å²) in [5.41, 5.74) is 2.78. The highest BCUT2D eigenvalue weighted by Crippen LogP contribution is 2.18. The van der Waals surface area contributed by atoms with Crippen LogP contribution in [0.3, 0.4) is 0 Å². The lowest BCUT2D eigenvalue weighted by Gasteiger charge is -2.28. The van der Waals surface area contributed by atoms with E-state index in [4.69, 9.17) is 4.74 Å². The van der Waals surface area contributed by atoms with Crippen molar-refractivity contribution in [1.82, 2.24) is 29.4 Å². The molecule has 0 unspecified atom stereocenters. The molecule has 2 amide bonds. The molecule has 0 N–H and O–H groups in total. The van der Waals surface area contributed by atoms with Crippen molar-refractivity contribution in [3.8, 4) is 0 Å². The molecule has 0 aliphatic carbocycles. The van der Waals surface area contributed by atoms with Gasteiger partial charge in [0.15, 0.2) is 0 Å². The highest BCUT2D eigenvalue weighted by atomic mass is 32.2. The Labute approximate surface area is 168 Å². The van der Waals surface area contributed by atoms with Crippen LogP contribution in [0.15, 0.2) is 5.16 Å². The van der Waals surface area contributed by atoms with Gasteiger partial charge in [0.25, 0.3) is 5.78 Å². The average Bonchev–Trinajstić information content (AvgIpc) is 3.11. The van der Waals surface area contributed by atoms with Crippen LogP contribution in [-0.2, 0) is 20.7 Å². The molecule has 1 saturated heterocycles. The van der Waals surface area contributed by atoms with Crippen LogP contribution in [-0.4, -0.2) is 87.3 Å². The predicted octanol–water partition coefficient (Wildman–Crippen LogP) is 0.713. The zero-order valence-corrected chi connectivity index (χ0v) is 17.6. The van der Waals surface area contributed by atoms with Crippen LogP contribution < -0.4 is 0 Å². The van der Waals surface area contributed by atoms with Crippen molar-refractivity contribution in [2.45, 2.75) is 31.8 Å². The summed E-state index contributed by atoms with van der Waals surface area (Å²) in [4.78, 5) is 37.0. The summed E-state index contributed by atoms with van der Waals surface area (Å²) in [5.74, 6) is 0.466. The maximum atomic E-state index is 12.5. The first-order valence-electron chi connectivity index (χ1n) is 9.27. The molecule has 0 spiro atoms. The number of aromatic nitrogens is 4. The number of likely N-dealkylation sites (N-methyl/N-ethyl adjacent to an activating group) is 1. The third-order valence-corrected chi connectivity index (χ3v) is 5.50. The maximum absolute atomic E-state index is 12.5. The quantitative estimate of drug-likeness (QED) is 0.653. The molecule has 28 heavy (non-hydrogen) atoms. The molecule has 10 heteroatoms. The monoisotopic (exact) mass is 406 g/mol. The molecular weight excluding hydrogens is 380 g/mol. The minimum Gasteiger partial charge on any atom is -0.378 e. The van der Waals surface area contributed by atoms with Crippen molar-refractivity contribution < 1.29 is 14.3 Å². The van der Waals surface area contributed by atoms with Crippen molar-refractivity contribution in [1.29, 1.82) is 0 Å². The summed E-state index contributed by atoms with van der Waals surface area (Å²) >= 11 is 1.47. The van der Waals surface area contributed by atoms with E-state index in [2.05, 4.69) is 15.1 Å². The van der Waals surface area contributed by atoms with Crippen LogP contribution in [0.4, 0.5) is 0 Å². The topological polar surface area (TPSA) is 92.9 Å². The van der Waals surface area contributed by atoms with E-state index in [1.165, 1.54) is 16.7 Å². The van der Waals surface area contributed by atoms with Gasteiger partial charge in [-0.15, -0.1) is 5.10 Å². The molecule has 0 saturated carbocycles. The van der Waals surface area contributed by atoms with Crippen LogP contribution in [0.2, 0.25) is 0 Å². The Bertz CT molecular complexity index is 878. The summed E-state index contributed by atoms with van der Waals surface area (Å²) in [6, 6.07) is 0. The third kappa shape index (κ3) is 4.44. The predicted molar refractivity (Wildman–Crippen MR) is 105 cm³/mol. The van der Waals surface area contributed by atoms with Gasteiger partial charge < -0.3 is 14.5 Å². The van der Waals surface area contributed by atoms with Gasteiger partial charge in [0.2, 0.25) is 17.0 Å². The number of hydrogen-bond acceptors (Lipinski definition) is 7. The molecule has 3 rings (SSSR count). The molecule has 2 aromatic heterocycles. The molecule has 3 heterocycles. The van der Waals surface area contributed by atoms with Gasteiger partial charge in [0.05, 0.1) is 19.8 Å². The van der Waals surface area contributed by atoms with E-state index < -0.39 is 0 Å². The average molecular weight is 407 g/mol. The van der Waals surface area contributed by atoms with Crippen molar-refractivity contribution in [3.63, 3.8) is 0 Å². The standard InChI is InChI=1S/C18H26N6O3S/c1-12-14(13(2)24-17(19-12)20-18(21-24)28-4)5-6-15(25)22(3)11-16(26)23-7-9-27-10-8-23/h5-11H2,1-4H3. The number of carbonyl (C=O) groups excluding carboxylic acids is 2. The molecule has 9 nitrogen and oxygen atoms in total. The van der Waals surface area contributed by atoms with E-state index in [0.717, 1.165) is 17.0 Å². The number of thioether (sulfide) groups is 1. The van der Waals surface area contributed by atoms with E-state index >= 15 is 0 Å². The molecule has 1 fully saturated rings. The van der Waals surface area contributed by atoms with Crippen molar-refractivity contribution in [3.05, 3.63) is 17.0 Å². The molecule has 1 aliphatic rings. The van der Waals surface area contributed by atoms with E-state index in [1.807, 2.05) is 20.1 Å². The number of ether oxygens (including phenoxy) is 1. The second kappa shape index (κ2) is 8.87. The normalized spacial score (nSPS) is 14.5. The summed E-state index contributed by atoms with van der Waals surface area (Å²) in [5, 5.41) is 5.11. The number of hydrogen-bond donors (Lipinski definition) is 0. The third-order valence-electron chi connectivity index (χ3n) is 4.96.